The number of anilines is 2. The SMILES string of the molecule is C#Cc1cc(C)c(-c2c(-c3ccc(Oc4nccc(CCc5nc(C#C)nc(C)c5-c5c(-c6ccc(Oc7nccc(C)n7)c(F)c6)c6c(N)ncnc6n5C)n4)c(F)c3)c3c(N)ncnc3n2C)c(C)n1. The average Bonchev–Trinajstić information content (AvgIpc) is 3.82. The van der Waals surface area contributed by atoms with Gasteiger partial charge in [-0.15, -0.1) is 12.8 Å². The van der Waals surface area contributed by atoms with E-state index in [0.29, 0.717) is 102 Å². The van der Waals surface area contributed by atoms with Crippen molar-refractivity contribution in [2.24, 2.45) is 14.1 Å². The lowest BCUT2D eigenvalue weighted by atomic mass is 9.95. The van der Waals surface area contributed by atoms with Gasteiger partial charge in [0.2, 0.25) is 5.82 Å². The molecule has 0 saturated carbocycles. The number of nitrogens with zero attached hydrogens (tertiary/aromatic N) is 13. The maximum absolute atomic E-state index is 16.4. The molecular formula is C53H41F2N15O2. The van der Waals surface area contributed by atoms with Crippen LogP contribution in [0.4, 0.5) is 20.4 Å². The smallest absolute Gasteiger partial charge is 0.322 e. The summed E-state index contributed by atoms with van der Waals surface area (Å²) in [5.41, 5.74) is 23.2. The Morgan fingerprint density at radius 1 is 0.583 bits per heavy atom. The van der Waals surface area contributed by atoms with Gasteiger partial charge in [-0.2, -0.15) is 4.98 Å². The van der Waals surface area contributed by atoms with Crippen molar-refractivity contribution in [2.75, 3.05) is 11.5 Å². The molecule has 0 fully saturated rings. The molecule has 0 saturated heterocycles. The Morgan fingerprint density at radius 2 is 1.14 bits per heavy atom. The van der Waals surface area contributed by atoms with Crippen molar-refractivity contribution in [3.8, 4) is 93.0 Å². The molecule has 354 valence electrons. The zero-order chi connectivity index (χ0) is 50.5. The van der Waals surface area contributed by atoms with Gasteiger partial charge < -0.3 is 30.1 Å². The zero-order valence-corrected chi connectivity index (χ0v) is 39.6. The Labute approximate surface area is 410 Å². The summed E-state index contributed by atoms with van der Waals surface area (Å²) in [4.78, 5) is 49.0. The zero-order valence-electron chi connectivity index (χ0n) is 39.6. The minimum atomic E-state index is -0.685. The fraction of sp³-hybridized carbons (Fsp3) is 0.151. The third kappa shape index (κ3) is 8.13. The second-order valence-electron chi connectivity index (χ2n) is 16.8. The Hall–Kier alpha value is -9.75. The number of pyridine rings is 1. The van der Waals surface area contributed by atoms with Gasteiger partial charge in [0, 0.05) is 65.8 Å². The summed E-state index contributed by atoms with van der Waals surface area (Å²) >= 11 is 0. The number of nitrogens with two attached hydrogens (primary N) is 2. The van der Waals surface area contributed by atoms with Gasteiger partial charge in [-0.3, -0.25) is 0 Å². The molecule has 4 N–H and O–H groups in total. The maximum Gasteiger partial charge on any atom is 0.322 e. The largest absolute Gasteiger partial charge is 0.421 e. The van der Waals surface area contributed by atoms with Gasteiger partial charge in [-0.1, -0.05) is 18.1 Å². The van der Waals surface area contributed by atoms with Crippen LogP contribution in [0.2, 0.25) is 0 Å². The summed E-state index contributed by atoms with van der Waals surface area (Å²) in [6.07, 6.45) is 18.0. The first-order chi connectivity index (χ1) is 34.7. The lowest BCUT2D eigenvalue weighted by Crippen LogP contribution is -2.08. The molecular weight excluding hydrogens is 917 g/mol. The van der Waals surface area contributed by atoms with Crippen LogP contribution in [-0.2, 0) is 26.9 Å². The van der Waals surface area contributed by atoms with Crippen molar-refractivity contribution in [1.82, 2.24) is 64.0 Å². The molecule has 0 unspecified atom stereocenters. The number of aryl methyl sites for hydroxylation is 8. The van der Waals surface area contributed by atoms with Crippen LogP contribution in [0.1, 0.15) is 45.6 Å². The van der Waals surface area contributed by atoms with Crippen LogP contribution in [0, 0.1) is 64.0 Å². The molecule has 0 aliphatic carbocycles. The second-order valence-corrected chi connectivity index (χ2v) is 16.8. The van der Waals surface area contributed by atoms with E-state index >= 15 is 8.78 Å². The molecule has 0 aliphatic heterocycles. The Bertz CT molecular complexity index is 3920. The lowest BCUT2D eigenvalue weighted by molar-refractivity contribution is 0.409. The van der Waals surface area contributed by atoms with E-state index in [0.717, 1.165) is 11.1 Å². The minimum absolute atomic E-state index is 0.00178. The summed E-state index contributed by atoms with van der Waals surface area (Å²) < 4.78 is 47.9. The topological polar surface area (TPSA) is 222 Å². The van der Waals surface area contributed by atoms with Gasteiger partial charge in [0.1, 0.15) is 41.3 Å². The van der Waals surface area contributed by atoms with E-state index in [4.69, 9.17) is 38.8 Å². The molecule has 0 aliphatic rings. The number of benzene rings is 2. The van der Waals surface area contributed by atoms with E-state index in [1.54, 1.807) is 31.2 Å². The van der Waals surface area contributed by atoms with E-state index in [9.17, 15) is 0 Å². The highest BCUT2D eigenvalue weighted by molar-refractivity contribution is 6.09. The van der Waals surface area contributed by atoms with Crippen molar-refractivity contribution < 1.29 is 18.3 Å². The number of aromatic nitrogens is 13. The molecule has 19 heteroatoms. The first-order valence-electron chi connectivity index (χ1n) is 22.3. The molecule has 2 aromatic carbocycles. The lowest BCUT2D eigenvalue weighted by Gasteiger charge is -2.16. The number of hydrogen-bond donors (Lipinski definition) is 2. The normalized spacial score (nSPS) is 11.2. The Kier molecular flexibility index (Phi) is 11.7. The monoisotopic (exact) mass is 957 g/mol. The van der Waals surface area contributed by atoms with E-state index in [1.807, 2.05) is 50.1 Å². The highest BCUT2D eigenvalue weighted by Crippen LogP contribution is 2.46. The Morgan fingerprint density at radius 3 is 1.68 bits per heavy atom. The van der Waals surface area contributed by atoms with Crippen molar-refractivity contribution in [2.45, 2.75) is 40.5 Å². The van der Waals surface area contributed by atoms with Crippen molar-refractivity contribution in [3.05, 3.63) is 137 Å². The van der Waals surface area contributed by atoms with E-state index in [2.05, 4.69) is 61.7 Å². The first-order valence-corrected chi connectivity index (χ1v) is 22.3. The van der Waals surface area contributed by atoms with Gasteiger partial charge in [0.25, 0.3) is 0 Å². The minimum Gasteiger partial charge on any atom is -0.421 e. The third-order valence-corrected chi connectivity index (χ3v) is 12.2. The molecule has 8 heterocycles. The summed E-state index contributed by atoms with van der Waals surface area (Å²) in [6.45, 7) is 7.40. The third-order valence-electron chi connectivity index (χ3n) is 12.2. The number of hydrogen-bond acceptors (Lipinski definition) is 15. The molecule has 0 spiro atoms. The van der Waals surface area contributed by atoms with Crippen LogP contribution in [0.3, 0.4) is 0 Å². The van der Waals surface area contributed by atoms with Crippen LogP contribution >= 0.6 is 0 Å². The molecule has 0 amide bonds. The summed E-state index contributed by atoms with van der Waals surface area (Å²) in [6, 6.07) is 14.3. The summed E-state index contributed by atoms with van der Waals surface area (Å²) in [7, 11) is 3.67. The molecule has 10 aromatic rings. The maximum atomic E-state index is 16.4. The van der Waals surface area contributed by atoms with Crippen LogP contribution in [0.15, 0.2) is 79.6 Å². The summed E-state index contributed by atoms with van der Waals surface area (Å²) in [5.74, 6) is 4.18. The molecule has 0 atom stereocenters. The van der Waals surface area contributed by atoms with Gasteiger partial charge in [-0.25, -0.2) is 58.6 Å². The van der Waals surface area contributed by atoms with Crippen LogP contribution < -0.4 is 20.9 Å². The van der Waals surface area contributed by atoms with Gasteiger partial charge in [-0.05, 0) is 106 Å². The molecule has 72 heavy (non-hydrogen) atoms. The van der Waals surface area contributed by atoms with Gasteiger partial charge in [0.05, 0.1) is 33.5 Å². The van der Waals surface area contributed by atoms with Crippen LogP contribution in [-0.4, -0.2) is 64.0 Å². The number of terminal acetylenes is 2. The number of ether oxygens (including phenoxy) is 2. The van der Waals surface area contributed by atoms with Crippen molar-refractivity contribution in [3.63, 3.8) is 0 Å². The van der Waals surface area contributed by atoms with Crippen LogP contribution in [0.25, 0.3) is 66.8 Å². The number of halogens is 2. The Balaban J connectivity index is 0.979. The fourth-order valence-corrected chi connectivity index (χ4v) is 9.11. The quantitative estimate of drug-likeness (QED) is 0.116. The van der Waals surface area contributed by atoms with Crippen molar-refractivity contribution in [1.29, 1.82) is 0 Å². The fourth-order valence-electron chi connectivity index (χ4n) is 9.11. The van der Waals surface area contributed by atoms with E-state index < -0.39 is 11.6 Å². The molecule has 8 aromatic heterocycles. The highest BCUT2D eigenvalue weighted by atomic mass is 19.1. The molecule has 10 rings (SSSR count). The number of fused-ring (bicyclic) bond motifs is 2. The molecule has 0 bridgehead atoms. The number of rotatable bonds is 11. The number of nitrogen functional groups attached to an aromatic ring is 2. The van der Waals surface area contributed by atoms with Gasteiger partial charge in [0.15, 0.2) is 23.1 Å². The first kappa shape index (κ1) is 46.0. The van der Waals surface area contributed by atoms with E-state index in [1.165, 1.54) is 49.3 Å². The van der Waals surface area contributed by atoms with E-state index in [-0.39, 0.29) is 47.4 Å². The summed E-state index contributed by atoms with van der Waals surface area (Å²) in [5, 5.41) is 1.04. The van der Waals surface area contributed by atoms with Crippen molar-refractivity contribution >= 4 is 33.7 Å². The standard InChI is InChI=1S/C53H41F2N15O2/c1-9-32-21-26(3)40(28(5)65-32)46-42(44-48(56)60-24-62-50(44)69(46)7)30-11-16-38(35(55)22-30)72-53-59-20-18-33(67-53)13-14-36-41(29(6)66-39(10-2)68-36)47-43(45-49(57)61-25-63-51(45)70(47)8)31-12-15-37(34(54)23-31)71-52-58-19-17-27(4)64-52/h1-2,11-12,15-25H,13-14H2,3-8H3,(H2,56,60,62)(H2,57,61,63). The highest BCUT2D eigenvalue weighted by Gasteiger charge is 2.29. The average molecular weight is 958 g/mol. The predicted octanol–water partition coefficient (Wildman–Crippen LogP) is 8.69. The predicted molar refractivity (Wildman–Crippen MR) is 267 cm³/mol. The van der Waals surface area contributed by atoms with Gasteiger partial charge >= 0.3 is 12.0 Å². The molecule has 17 nitrogen and oxygen atoms in total. The second kappa shape index (κ2) is 18.3. The molecule has 0 radical (unpaired) electrons. The van der Waals surface area contributed by atoms with Crippen LogP contribution in [0.5, 0.6) is 23.5 Å².